The van der Waals surface area contributed by atoms with Crippen LogP contribution in [0.5, 0.6) is 5.19 Å². The maximum absolute atomic E-state index is 14.2. The fraction of sp³-hybridized carbons (Fsp3) is 0.438. The van der Waals surface area contributed by atoms with Crippen molar-refractivity contribution in [2.75, 3.05) is 11.9 Å². The van der Waals surface area contributed by atoms with Gasteiger partial charge in [-0.15, -0.1) is 0 Å². The third kappa shape index (κ3) is 6.63. The van der Waals surface area contributed by atoms with E-state index in [1.54, 1.807) is 0 Å². The molecule has 3 aliphatic rings. The fourth-order valence-corrected chi connectivity index (χ4v) is 7.03. The lowest BCUT2D eigenvalue weighted by molar-refractivity contribution is -0.145. The average molecular weight is 643 g/mol. The lowest BCUT2D eigenvalue weighted by atomic mass is 10.0. The van der Waals surface area contributed by atoms with E-state index in [0.717, 1.165) is 41.6 Å². The smallest absolute Gasteiger partial charge is 0.416 e. The second-order valence-electron chi connectivity index (χ2n) is 11.8. The number of hydrogen-bond donors (Lipinski definition) is 3. The molecule has 0 spiro atoms. The highest BCUT2D eigenvalue weighted by Gasteiger charge is 2.61. The van der Waals surface area contributed by atoms with Crippen LogP contribution in [0.25, 0.3) is 10.2 Å². The van der Waals surface area contributed by atoms with Crippen LogP contribution >= 0.6 is 11.3 Å². The number of amides is 2. The number of aromatic nitrogens is 1. The number of carbonyl (C=O) groups is 3. The Labute approximate surface area is 261 Å². The molecule has 6 rings (SSSR count). The molecule has 1 aromatic heterocycles. The van der Waals surface area contributed by atoms with Gasteiger partial charge in [-0.2, -0.15) is 13.2 Å². The first kappa shape index (κ1) is 30.9. The van der Waals surface area contributed by atoms with Crippen molar-refractivity contribution in [3.05, 3.63) is 66.2 Å². The normalized spacial score (nSPS) is 28.3. The maximum atomic E-state index is 14.2. The first-order chi connectivity index (χ1) is 21.5. The Kier molecular flexibility index (Phi) is 8.47. The number of allylic oxidation sites excluding steroid dienone is 1. The van der Waals surface area contributed by atoms with E-state index < -0.39 is 53.2 Å². The molecule has 2 aliphatic heterocycles. The van der Waals surface area contributed by atoms with Crippen molar-refractivity contribution in [2.24, 2.45) is 5.92 Å². The van der Waals surface area contributed by atoms with Crippen molar-refractivity contribution in [2.45, 2.75) is 74.8 Å². The number of halogens is 3. The zero-order chi connectivity index (χ0) is 31.8. The zero-order valence-electron chi connectivity index (χ0n) is 24.3. The van der Waals surface area contributed by atoms with Gasteiger partial charge in [0.25, 0.3) is 5.19 Å². The molecule has 13 heteroatoms. The van der Waals surface area contributed by atoms with E-state index in [1.165, 1.54) is 28.4 Å². The molecule has 238 valence electrons. The van der Waals surface area contributed by atoms with Crippen LogP contribution in [-0.2, 0) is 20.6 Å². The van der Waals surface area contributed by atoms with E-state index in [1.807, 2.05) is 36.4 Å². The Bertz CT molecular complexity index is 1580. The van der Waals surface area contributed by atoms with Crippen LogP contribution in [0.3, 0.4) is 0 Å². The molecule has 3 aromatic rings. The molecule has 2 aromatic carbocycles. The minimum atomic E-state index is -4.49. The van der Waals surface area contributed by atoms with E-state index in [4.69, 9.17) is 4.74 Å². The van der Waals surface area contributed by atoms with Crippen molar-refractivity contribution >= 4 is 45.0 Å². The highest BCUT2D eigenvalue weighted by molar-refractivity contribution is 7.20. The third-order valence-corrected chi connectivity index (χ3v) is 9.64. The highest BCUT2D eigenvalue weighted by atomic mass is 32.1. The summed E-state index contributed by atoms with van der Waals surface area (Å²) < 4.78 is 46.6. The van der Waals surface area contributed by atoms with Gasteiger partial charge in [0.2, 0.25) is 11.8 Å². The summed E-state index contributed by atoms with van der Waals surface area (Å²) in [7, 11) is 0. The third-order valence-electron chi connectivity index (χ3n) is 8.72. The number of carboxylic acid groups (broad SMARTS) is 1. The summed E-state index contributed by atoms with van der Waals surface area (Å²) in [5.74, 6) is -2.47. The van der Waals surface area contributed by atoms with Crippen molar-refractivity contribution in [3.8, 4) is 5.19 Å². The van der Waals surface area contributed by atoms with Crippen LogP contribution in [0, 0.1) is 5.92 Å². The van der Waals surface area contributed by atoms with Gasteiger partial charge < -0.3 is 25.4 Å². The number of fused-ring (bicyclic) bond motifs is 3. The number of benzene rings is 2. The summed E-state index contributed by atoms with van der Waals surface area (Å²) in [6, 6.07) is 10.2. The van der Waals surface area contributed by atoms with Crippen LogP contribution in [-0.4, -0.2) is 63.0 Å². The zero-order valence-corrected chi connectivity index (χ0v) is 25.1. The molecule has 3 heterocycles. The van der Waals surface area contributed by atoms with Crippen LogP contribution < -0.4 is 15.4 Å². The number of anilines is 1. The van der Waals surface area contributed by atoms with Crippen molar-refractivity contribution in [3.63, 3.8) is 0 Å². The Morgan fingerprint density at radius 3 is 2.62 bits per heavy atom. The summed E-state index contributed by atoms with van der Waals surface area (Å²) in [4.78, 5) is 46.2. The lowest BCUT2D eigenvalue weighted by Gasteiger charge is -2.30. The van der Waals surface area contributed by atoms with Gasteiger partial charge in [0.05, 0.1) is 22.3 Å². The summed E-state index contributed by atoms with van der Waals surface area (Å²) in [5.41, 5.74) is -1.13. The number of aliphatic carboxylic acids is 1. The van der Waals surface area contributed by atoms with Gasteiger partial charge >= 0.3 is 12.1 Å². The van der Waals surface area contributed by atoms with E-state index in [-0.39, 0.29) is 25.3 Å². The molecule has 9 nitrogen and oxygen atoms in total. The van der Waals surface area contributed by atoms with Crippen molar-refractivity contribution < 1.29 is 37.4 Å². The van der Waals surface area contributed by atoms with Gasteiger partial charge in [-0.05, 0) is 62.1 Å². The number of ether oxygens (including phenoxy) is 1. The number of nitrogens with zero attached hydrogens (tertiary/aromatic N) is 2. The number of para-hydroxylation sites is 1. The Balaban J connectivity index is 1.28. The average Bonchev–Trinajstić information content (AvgIpc) is 3.31. The number of nitrogens with one attached hydrogen (secondary N) is 2. The van der Waals surface area contributed by atoms with E-state index in [0.29, 0.717) is 23.7 Å². The van der Waals surface area contributed by atoms with E-state index in [2.05, 4.69) is 15.6 Å². The standard InChI is InChI=1S/C32H33F3N4O5S/c33-32(34,35)19-12-14-21(15-13-19)36-24-10-5-3-1-2-4-8-20-17-31(20,29(42)43)38-27(40)25-16-22(18-39(25)28(24)41)44-30-37-23-9-6-7-11-26(23)45-30/h4,6-9,11-15,20,22,24-25,36H,1-3,5,10,16-18H2,(H,38,40)(H,42,43)/b8-4-/t20-,22-,24+,25+,31-/m1/s1. The number of carbonyl (C=O) groups excluding carboxylic acids is 2. The second-order valence-corrected chi connectivity index (χ2v) is 12.8. The largest absolute Gasteiger partial charge is 0.479 e. The quantitative estimate of drug-likeness (QED) is 0.309. The van der Waals surface area contributed by atoms with Crippen LogP contribution in [0.2, 0.25) is 0 Å². The molecule has 2 fully saturated rings. The van der Waals surface area contributed by atoms with Crippen molar-refractivity contribution in [1.82, 2.24) is 15.2 Å². The number of thiazole rings is 1. The van der Waals surface area contributed by atoms with Gasteiger partial charge in [0, 0.05) is 18.0 Å². The molecule has 3 N–H and O–H groups in total. The summed E-state index contributed by atoms with van der Waals surface area (Å²) in [6.07, 6.45) is 2.48. The highest BCUT2D eigenvalue weighted by Crippen LogP contribution is 2.45. The first-order valence-electron chi connectivity index (χ1n) is 15.0. The number of carboxylic acids is 1. The predicted molar refractivity (Wildman–Crippen MR) is 162 cm³/mol. The number of rotatable bonds is 5. The predicted octanol–water partition coefficient (Wildman–Crippen LogP) is 5.62. The minimum Gasteiger partial charge on any atom is -0.479 e. The van der Waals surface area contributed by atoms with Gasteiger partial charge in [0.15, 0.2) is 0 Å². The number of hydrogen-bond acceptors (Lipinski definition) is 7. The summed E-state index contributed by atoms with van der Waals surface area (Å²) in [5, 5.41) is 16.3. The minimum absolute atomic E-state index is 0.0570. The van der Waals surface area contributed by atoms with Gasteiger partial charge in [0.1, 0.15) is 23.7 Å². The van der Waals surface area contributed by atoms with E-state index in [9.17, 15) is 32.7 Å². The molecule has 1 aliphatic carbocycles. The second kappa shape index (κ2) is 12.3. The monoisotopic (exact) mass is 642 g/mol. The van der Waals surface area contributed by atoms with Crippen molar-refractivity contribution in [1.29, 1.82) is 0 Å². The molecule has 0 unspecified atom stereocenters. The number of alkyl halides is 3. The molecule has 2 amide bonds. The molecule has 5 atom stereocenters. The van der Waals surface area contributed by atoms with Crippen LogP contribution in [0.15, 0.2) is 60.7 Å². The Hall–Kier alpha value is -4.13. The molecule has 1 saturated heterocycles. The molecule has 0 bridgehead atoms. The first-order valence-corrected chi connectivity index (χ1v) is 15.8. The molecule has 0 radical (unpaired) electrons. The summed E-state index contributed by atoms with van der Waals surface area (Å²) in [6.45, 7) is 0.0570. The van der Waals surface area contributed by atoms with E-state index >= 15 is 0 Å². The van der Waals surface area contributed by atoms with Crippen LogP contribution in [0.4, 0.5) is 18.9 Å². The van der Waals surface area contributed by atoms with Gasteiger partial charge in [-0.25, -0.2) is 9.78 Å². The molecule has 45 heavy (non-hydrogen) atoms. The fourth-order valence-electron chi connectivity index (χ4n) is 6.15. The molecule has 1 saturated carbocycles. The SMILES string of the molecule is O=C1N[C@]2(C(=O)O)C[C@H]2/C=C\CCCCC[C@H](Nc2ccc(C(F)(F)F)cc2)C(=O)N2C[C@H](Oc3nc4ccccc4s3)C[C@@H]12. The van der Waals surface area contributed by atoms with Gasteiger partial charge in [-0.3, -0.25) is 9.59 Å². The topological polar surface area (TPSA) is 121 Å². The van der Waals surface area contributed by atoms with Crippen LogP contribution in [0.1, 0.15) is 50.5 Å². The Morgan fingerprint density at radius 2 is 1.89 bits per heavy atom. The lowest BCUT2D eigenvalue weighted by Crippen LogP contribution is -2.55. The summed E-state index contributed by atoms with van der Waals surface area (Å²) >= 11 is 1.35. The maximum Gasteiger partial charge on any atom is 0.416 e. The molecular formula is C32H33F3N4O5S. The molecular weight excluding hydrogens is 609 g/mol. The Morgan fingerprint density at radius 1 is 1.11 bits per heavy atom. The van der Waals surface area contributed by atoms with Gasteiger partial charge in [-0.1, -0.05) is 48.5 Å².